The second-order valence-electron chi connectivity index (χ2n) is 2.50. The van der Waals surface area contributed by atoms with Crippen LogP contribution in [0.25, 0.3) is 0 Å². The maximum Gasteiger partial charge on any atom is 0.265 e. The third-order valence-corrected chi connectivity index (χ3v) is 2.61. The zero-order chi connectivity index (χ0) is 11.8. The van der Waals surface area contributed by atoms with Gasteiger partial charge in [0.2, 0.25) is 5.95 Å². The molecule has 0 aliphatic rings. The minimum absolute atomic E-state index is 0.436. The van der Waals surface area contributed by atoms with Crippen molar-refractivity contribution in [2.24, 2.45) is 5.14 Å². The van der Waals surface area contributed by atoms with Crippen molar-refractivity contribution in [3.05, 3.63) is 22.6 Å². The lowest BCUT2D eigenvalue weighted by Crippen LogP contribution is -2.15. The molecular formula is C6H4ClF3N2O2S. The minimum atomic E-state index is -4.34. The Hall–Kier alpha value is -0.860. The summed E-state index contributed by atoms with van der Waals surface area (Å²) in [6.07, 6.45) is -3.12. The standard InChI is InChI=1S/C6H4ClF3N2O2S/c7-4-2(5(8)9)1-3(12-6(4)10)15(11,13)14/h1,5H,(H2,11,13,14). The molecule has 1 heterocycles. The van der Waals surface area contributed by atoms with Crippen molar-refractivity contribution in [1.82, 2.24) is 4.98 Å². The van der Waals surface area contributed by atoms with Crippen LogP contribution in [0.3, 0.4) is 0 Å². The highest BCUT2D eigenvalue weighted by Gasteiger charge is 2.22. The van der Waals surface area contributed by atoms with Gasteiger partial charge >= 0.3 is 0 Å². The van der Waals surface area contributed by atoms with Crippen molar-refractivity contribution in [2.45, 2.75) is 11.5 Å². The van der Waals surface area contributed by atoms with E-state index in [9.17, 15) is 21.6 Å². The number of alkyl halides is 2. The minimum Gasteiger partial charge on any atom is -0.223 e. The first-order chi connectivity index (χ1) is 6.73. The number of hydrogen-bond donors (Lipinski definition) is 1. The molecule has 1 aromatic rings. The molecule has 0 fully saturated rings. The van der Waals surface area contributed by atoms with Crippen LogP contribution in [-0.2, 0) is 10.0 Å². The zero-order valence-electron chi connectivity index (χ0n) is 6.92. The fourth-order valence-corrected chi connectivity index (χ4v) is 1.48. The van der Waals surface area contributed by atoms with Crippen LogP contribution < -0.4 is 5.14 Å². The number of pyridine rings is 1. The molecule has 0 aliphatic heterocycles. The van der Waals surface area contributed by atoms with E-state index in [1.165, 1.54) is 0 Å². The fourth-order valence-electron chi connectivity index (χ4n) is 0.798. The molecule has 9 heteroatoms. The molecule has 0 aromatic carbocycles. The summed E-state index contributed by atoms with van der Waals surface area (Å²) < 4.78 is 58.8. The van der Waals surface area contributed by atoms with Crippen LogP contribution in [0.2, 0.25) is 5.02 Å². The normalized spacial score (nSPS) is 12.1. The number of rotatable bonds is 2. The van der Waals surface area contributed by atoms with Gasteiger partial charge in [-0.05, 0) is 6.07 Å². The third kappa shape index (κ3) is 2.58. The average Bonchev–Trinajstić information content (AvgIpc) is 2.06. The summed E-state index contributed by atoms with van der Waals surface area (Å²) in [5.74, 6) is -1.50. The van der Waals surface area contributed by atoms with Crippen molar-refractivity contribution in [1.29, 1.82) is 0 Å². The molecule has 2 N–H and O–H groups in total. The summed E-state index contributed by atoms with van der Waals surface area (Å²) >= 11 is 5.16. The first-order valence-electron chi connectivity index (χ1n) is 3.40. The summed E-state index contributed by atoms with van der Waals surface area (Å²) in [5, 5.41) is 2.69. The Bertz CT molecular complexity index is 491. The maximum atomic E-state index is 12.8. The molecule has 84 valence electrons. The van der Waals surface area contributed by atoms with Gasteiger partial charge in [0, 0.05) is 5.56 Å². The van der Waals surface area contributed by atoms with Crippen LogP contribution in [0.4, 0.5) is 13.2 Å². The van der Waals surface area contributed by atoms with E-state index < -0.39 is 38.0 Å². The van der Waals surface area contributed by atoms with E-state index in [1.807, 2.05) is 0 Å². The Morgan fingerprint density at radius 1 is 1.47 bits per heavy atom. The van der Waals surface area contributed by atoms with Crippen LogP contribution in [0.1, 0.15) is 12.0 Å². The molecule has 1 rings (SSSR count). The highest BCUT2D eigenvalue weighted by Crippen LogP contribution is 2.29. The predicted molar refractivity (Wildman–Crippen MR) is 45.5 cm³/mol. The van der Waals surface area contributed by atoms with Gasteiger partial charge < -0.3 is 0 Å². The molecule has 0 amide bonds. The Kier molecular flexibility index (Phi) is 3.22. The number of nitrogens with two attached hydrogens (primary N) is 1. The van der Waals surface area contributed by atoms with Crippen molar-refractivity contribution in [3.63, 3.8) is 0 Å². The fraction of sp³-hybridized carbons (Fsp3) is 0.167. The highest BCUT2D eigenvalue weighted by atomic mass is 35.5. The van der Waals surface area contributed by atoms with Crippen molar-refractivity contribution >= 4 is 21.6 Å². The topological polar surface area (TPSA) is 73.1 Å². The summed E-state index contributed by atoms with van der Waals surface area (Å²) in [6, 6.07) is 0.436. The number of halogens is 4. The van der Waals surface area contributed by atoms with E-state index in [1.54, 1.807) is 0 Å². The summed E-state index contributed by atoms with van der Waals surface area (Å²) in [4.78, 5) is 2.84. The Balaban J connectivity index is 3.50. The van der Waals surface area contributed by atoms with Gasteiger partial charge in [-0.3, -0.25) is 0 Å². The molecule has 1 aromatic heterocycles. The van der Waals surface area contributed by atoms with Gasteiger partial charge in [-0.15, -0.1) is 0 Å². The largest absolute Gasteiger partial charge is 0.265 e. The Morgan fingerprint density at radius 3 is 2.40 bits per heavy atom. The van der Waals surface area contributed by atoms with Crippen LogP contribution >= 0.6 is 11.6 Å². The molecule has 0 spiro atoms. The molecule has 4 nitrogen and oxygen atoms in total. The number of primary sulfonamides is 1. The molecule has 0 saturated heterocycles. The summed E-state index contributed by atoms with van der Waals surface area (Å²) in [6.45, 7) is 0. The van der Waals surface area contributed by atoms with Crippen LogP contribution in [0.15, 0.2) is 11.1 Å². The van der Waals surface area contributed by atoms with Gasteiger partial charge in [0.25, 0.3) is 16.4 Å². The van der Waals surface area contributed by atoms with Crippen molar-refractivity contribution in [3.8, 4) is 0 Å². The van der Waals surface area contributed by atoms with E-state index in [2.05, 4.69) is 10.1 Å². The summed E-state index contributed by atoms with van der Waals surface area (Å²) in [7, 11) is -4.34. The van der Waals surface area contributed by atoms with E-state index >= 15 is 0 Å². The van der Waals surface area contributed by atoms with Gasteiger partial charge in [-0.1, -0.05) is 11.6 Å². The zero-order valence-corrected chi connectivity index (χ0v) is 8.49. The molecule has 0 radical (unpaired) electrons. The van der Waals surface area contributed by atoms with E-state index in [0.717, 1.165) is 0 Å². The molecule has 15 heavy (non-hydrogen) atoms. The van der Waals surface area contributed by atoms with E-state index in [0.29, 0.717) is 6.07 Å². The molecule has 0 saturated carbocycles. The predicted octanol–water partition coefficient (Wildman–Crippen LogP) is 1.46. The van der Waals surface area contributed by atoms with E-state index in [-0.39, 0.29) is 0 Å². The molecule has 0 aliphatic carbocycles. The quantitative estimate of drug-likeness (QED) is 0.818. The SMILES string of the molecule is NS(=O)(=O)c1cc(C(F)F)c(Cl)c(F)n1. The van der Waals surface area contributed by atoms with Crippen LogP contribution in [0, 0.1) is 5.95 Å². The molecular weight excluding hydrogens is 257 g/mol. The van der Waals surface area contributed by atoms with Gasteiger partial charge in [-0.2, -0.15) is 4.39 Å². The van der Waals surface area contributed by atoms with Gasteiger partial charge in [-0.25, -0.2) is 27.3 Å². The second kappa shape index (κ2) is 3.95. The first-order valence-corrected chi connectivity index (χ1v) is 5.33. The molecule has 0 atom stereocenters. The smallest absolute Gasteiger partial charge is 0.223 e. The molecule has 0 bridgehead atoms. The number of nitrogens with zero attached hydrogens (tertiary/aromatic N) is 1. The van der Waals surface area contributed by atoms with Gasteiger partial charge in [0.15, 0.2) is 5.03 Å². The Labute approximate surface area is 87.9 Å². The van der Waals surface area contributed by atoms with Gasteiger partial charge in [0.05, 0.1) is 0 Å². The maximum absolute atomic E-state index is 12.8. The lowest BCUT2D eigenvalue weighted by Gasteiger charge is -2.05. The number of hydrogen-bond acceptors (Lipinski definition) is 3. The van der Waals surface area contributed by atoms with Gasteiger partial charge in [0.1, 0.15) is 5.02 Å². The van der Waals surface area contributed by atoms with E-state index in [4.69, 9.17) is 11.6 Å². The lowest BCUT2D eigenvalue weighted by molar-refractivity contribution is 0.150. The second-order valence-corrected chi connectivity index (χ2v) is 4.39. The average molecular weight is 261 g/mol. The number of sulfonamides is 1. The summed E-state index contributed by atoms with van der Waals surface area (Å²) in [5.41, 5.74) is -0.965. The lowest BCUT2D eigenvalue weighted by atomic mass is 10.3. The molecule has 0 unspecified atom stereocenters. The van der Waals surface area contributed by atoms with Crippen molar-refractivity contribution in [2.75, 3.05) is 0 Å². The Morgan fingerprint density at radius 2 is 2.00 bits per heavy atom. The third-order valence-electron chi connectivity index (χ3n) is 1.45. The monoisotopic (exact) mass is 260 g/mol. The van der Waals surface area contributed by atoms with Crippen LogP contribution in [-0.4, -0.2) is 13.4 Å². The van der Waals surface area contributed by atoms with Crippen LogP contribution in [0.5, 0.6) is 0 Å². The highest BCUT2D eigenvalue weighted by molar-refractivity contribution is 7.89. The number of aromatic nitrogens is 1. The van der Waals surface area contributed by atoms with Crippen molar-refractivity contribution < 1.29 is 21.6 Å². The first kappa shape index (κ1) is 12.2.